The lowest BCUT2D eigenvalue weighted by molar-refractivity contribution is 0.0923. The lowest BCUT2D eigenvalue weighted by Gasteiger charge is -2.32. The van der Waals surface area contributed by atoms with Crippen LogP contribution in [-0.4, -0.2) is 48.5 Å². The summed E-state index contributed by atoms with van der Waals surface area (Å²) in [5.74, 6) is -0.0870. The van der Waals surface area contributed by atoms with Crippen LogP contribution < -0.4 is 10.6 Å². The van der Waals surface area contributed by atoms with E-state index in [2.05, 4.69) is 34.5 Å². The number of piperidine rings is 1. The standard InChI is InChI=1S/C16H26N4O/c1-3-9-17-13-7-8-15(18-11-13)16(21)19-12-14-6-4-5-10-20(14)2/h7-8,11,14,17H,3-6,9-10,12H2,1-2H3,(H,19,21). The molecule has 0 spiro atoms. The molecule has 2 N–H and O–H groups in total. The number of nitrogens with zero attached hydrogens (tertiary/aromatic N) is 2. The first-order chi connectivity index (χ1) is 10.2. The molecule has 2 rings (SSSR count). The van der Waals surface area contributed by atoms with Crippen molar-refractivity contribution in [2.45, 2.75) is 38.6 Å². The van der Waals surface area contributed by atoms with Crippen LogP contribution in [0.4, 0.5) is 5.69 Å². The molecule has 1 aliphatic rings. The molecule has 21 heavy (non-hydrogen) atoms. The van der Waals surface area contributed by atoms with Gasteiger partial charge in [-0.25, -0.2) is 4.98 Å². The molecule has 5 heteroatoms. The minimum atomic E-state index is -0.0870. The molecule has 5 nitrogen and oxygen atoms in total. The van der Waals surface area contributed by atoms with Gasteiger partial charge in [-0.3, -0.25) is 4.79 Å². The van der Waals surface area contributed by atoms with Crippen LogP contribution in [0.2, 0.25) is 0 Å². The van der Waals surface area contributed by atoms with Crippen LogP contribution in [0.1, 0.15) is 43.1 Å². The molecule has 2 heterocycles. The van der Waals surface area contributed by atoms with Gasteiger partial charge in [0.15, 0.2) is 0 Å². The van der Waals surface area contributed by atoms with Crippen LogP contribution in [0.25, 0.3) is 0 Å². The molecule has 0 radical (unpaired) electrons. The lowest BCUT2D eigenvalue weighted by Crippen LogP contribution is -2.44. The fourth-order valence-corrected chi connectivity index (χ4v) is 2.61. The number of aromatic nitrogens is 1. The topological polar surface area (TPSA) is 57.3 Å². The number of hydrogen-bond acceptors (Lipinski definition) is 4. The molecule has 0 bridgehead atoms. The van der Waals surface area contributed by atoms with E-state index in [1.807, 2.05) is 6.07 Å². The number of nitrogens with one attached hydrogen (secondary N) is 2. The first-order valence-electron chi connectivity index (χ1n) is 7.89. The van der Waals surface area contributed by atoms with Crippen molar-refractivity contribution in [3.63, 3.8) is 0 Å². The van der Waals surface area contributed by atoms with Crippen molar-refractivity contribution in [2.75, 3.05) is 32.0 Å². The smallest absolute Gasteiger partial charge is 0.269 e. The van der Waals surface area contributed by atoms with E-state index in [1.54, 1.807) is 12.3 Å². The third-order valence-electron chi connectivity index (χ3n) is 4.00. The Hall–Kier alpha value is -1.62. The van der Waals surface area contributed by atoms with Gasteiger partial charge < -0.3 is 15.5 Å². The van der Waals surface area contributed by atoms with Crippen molar-refractivity contribution in [1.29, 1.82) is 0 Å². The van der Waals surface area contributed by atoms with E-state index < -0.39 is 0 Å². The maximum Gasteiger partial charge on any atom is 0.269 e. The Balaban J connectivity index is 1.82. The van der Waals surface area contributed by atoms with E-state index >= 15 is 0 Å². The quantitative estimate of drug-likeness (QED) is 0.842. The van der Waals surface area contributed by atoms with Crippen LogP contribution in [0.3, 0.4) is 0 Å². The van der Waals surface area contributed by atoms with E-state index in [0.29, 0.717) is 18.3 Å². The van der Waals surface area contributed by atoms with E-state index in [1.165, 1.54) is 12.8 Å². The summed E-state index contributed by atoms with van der Waals surface area (Å²) in [5.41, 5.74) is 1.44. The van der Waals surface area contributed by atoms with Crippen LogP contribution in [0.5, 0.6) is 0 Å². The summed E-state index contributed by atoms with van der Waals surface area (Å²) >= 11 is 0. The van der Waals surface area contributed by atoms with Gasteiger partial charge in [-0.05, 0) is 45.0 Å². The second-order valence-corrected chi connectivity index (χ2v) is 5.70. The predicted molar refractivity (Wildman–Crippen MR) is 85.6 cm³/mol. The number of carbonyl (C=O) groups is 1. The zero-order chi connectivity index (χ0) is 15.1. The molecule has 1 aliphatic heterocycles. The zero-order valence-corrected chi connectivity index (χ0v) is 13.1. The molecule has 0 aliphatic carbocycles. The Labute approximate surface area is 127 Å². The number of hydrogen-bond donors (Lipinski definition) is 2. The number of likely N-dealkylation sites (tertiary alicyclic amines) is 1. The maximum atomic E-state index is 12.1. The van der Waals surface area contributed by atoms with Crippen molar-refractivity contribution in [3.05, 3.63) is 24.0 Å². The minimum Gasteiger partial charge on any atom is -0.384 e. The average molecular weight is 290 g/mol. The molecule has 1 fully saturated rings. The second-order valence-electron chi connectivity index (χ2n) is 5.70. The van der Waals surface area contributed by atoms with Gasteiger partial charge in [0.2, 0.25) is 0 Å². The van der Waals surface area contributed by atoms with E-state index in [-0.39, 0.29) is 5.91 Å². The second kappa shape index (κ2) is 7.98. The van der Waals surface area contributed by atoms with Crippen LogP contribution >= 0.6 is 0 Å². The molecule has 0 aromatic carbocycles. The number of likely N-dealkylation sites (N-methyl/N-ethyl adjacent to an activating group) is 1. The van der Waals surface area contributed by atoms with Gasteiger partial charge >= 0.3 is 0 Å². The van der Waals surface area contributed by atoms with Gasteiger partial charge in [0.05, 0.1) is 11.9 Å². The maximum absolute atomic E-state index is 12.1. The molecule has 1 atom stereocenters. The summed E-state index contributed by atoms with van der Waals surface area (Å²) in [4.78, 5) is 18.7. The molecule has 1 saturated heterocycles. The zero-order valence-electron chi connectivity index (χ0n) is 13.1. The molecule has 116 valence electrons. The summed E-state index contributed by atoms with van der Waals surface area (Å²) in [6, 6.07) is 4.13. The van der Waals surface area contributed by atoms with Crippen molar-refractivity contribution in [2.24, 2.45) is 0 Å². The molecular formula is C16H26N4O. The van der Waals surface area contributed by atoms with Gasteiger partial charge in [-0.1, -0.05) is 13.3 Å². The Bertz CT molecular complexity index is 446. The number of amides is 1. The highest BCUT2D eigenvalue weighted by atomic mass is 16.1. The number of anilines is 1. The Morgan fingerprint density at radius 1 is 1.43 bits per heavy atom. The predicted octanol–water partition coefficient (Wildman–Crippen LogP) is 2.12. The monoisotopic (exact) mass is 290 g/mol. The largest absolute Gasteiger partial charge is 0.384 e. The summed E-state index contributed by atoms with van der Waals surface area (Å²) < 4.78 is 0. The minimum absolute atomic E-state index is 0.0870. The Kier molecular flexibility index (Phi) is 5.99. The summed E-state index contributed by atoms with van der Waals surface area (Å²) in [7, 11) is 2.13. The van der Waals surface area contributed by atoms with Crippen LogP contribution in [-0.2, 0) is 0 Å². The van der Waals surface area contributed by atoms with Crippen molar-refractivity contribution < 1.29 is 4.79 Å². The molecule has 1 aromatic rings. The van der Waals surface area contributed by atoms with E-state index in [0.717, 1.165) is 31.6 Å². The van der Waals surface area contributed by atoms with Crippen molar-refractivity contribution in [1.82, 2.24) is 15.2 Å². The van der Waals surface area contributed by atoms with E-state index in [4.69, 9.17) is 0 Å². The fourth-order valence-electron chi connectivity index (χ4n) is 2.61. The van der Waals surface area contributed by atoms with Crippen molar-refractivity contribution >= 4 is 11.6 Å². The Morgan fingerprint density at radius 2 is 2.29 bits per heavy atom. The van der Waals surface area contributed by atoms with Gasteiger partial charge in [0, 0.05) is 19.1 Å². The summed E-state index contributed by atoms with van der Waals surface area (Å²) in [6.45, 7) is 4.86. The van der Waals surface area contributed by atoms with Gasteiger partial charge in [-0.15, -0.1) is 0 Å². The van der Waals surface area contributed by atoms with Gasteiger partial charge in [0.1, 0.15) is 5.69 Å². The Morgan fingerprint density at radius 3 is 2.95 bits per heavy atom. The third kappa shape index (κ3) is 4.70. The molecular weight excluding hydrogens is 264 g/mol. The highest BCUT2D eigenvalue weighted by Gasteiger charge is 2.19. The highest BCUT2D eigenvalue weighted by molar-refractivity contribution is 5.92. The molecule has 0 saturated carbocycles. The lowest BCUT2D eigenvalue weighted by atomic mass is 10.0. The summed E-state index contributed by atoms with van der Waals surface area (Å²) in [5, 5.41) is 6.25. The molecule has 1 amide bonds. The molecule has 1 unspecified atom stereocenters. The summed E-state index contributed by atoms with van der Waals surface area (Å²) in [6.07, 6.45) is 6.45. The highest BCUT2D eigenvalue weighted by Crippen LogP contribution is 2.14. The van der Waals surface area contributed by atoms with Crippen molar-refractivity contribution in [3.8, 4) is 0 Å². The SMILES string of the molecule is CCCNc1ccc(C(=O)NCC2CCCCN2C)nc1. The third-order valence-corrected chi connectivity index (χ3v) is 4.00. The normalized spacial score (nSPS) is 19.2. The van der Waals surface area contributed by atoms with E-state index in [9.17, 15) is 4.79 Å². The molecule has 1 aromatic heterocycles. The van der Waals surface area contributed by atoms with Crippen LogP contribution in [0.15, 0.2) is 18.3 Å². The van der Waals surface area contributed by atoms with Gasteiger partial charge in [-0.2, -0.15) is 0 Å². The number of pyridine rings is 1. The van der Waals surface area contributed by atoms with Gasteiger partial charge in [0.25, 0.3) is 5.91 Å². The number of carbonyl (C=O) groups excluding carboxylic acids is 1. The first-order valence-corrected chi connectivity index (χ1v) is 7.89. The number of rotatable bonds is 6. The average Bonchev–Trinajstić information content (AvgIpc) is 2.52. The first kappa shape index (κ1) is 15.8. The van der Waals surface area contributed by atoms with Crippen LogP contribution in [0, 0.1) is 0 Å². The fraction of sp³-hybridized carbons (Fsp3) is 0.625.